The van der Waals surface area contributed by atoms with E-state index in [9.17, 15) is 12.8 Å². The summed E-state index contributed by atoms with van der Waals surface area (Å²) in [6.45, 7) is 4.98. The number of hydrogen-bond donors (Lipinski definition) is 1. The zero-order valence-corrected chi connectivity index (χ0v) is 18.5. The van der Waals surface area contributed by atoms with E-state index in [4.69, 9.17) is 0 Å². The van der Waals surface area contributed by atoms with Gasteiger partial charge < -0.3 is 9.88 Å². The number of nitrogens with zero attached hydrogens (tertiary/aromatic N) is 2. The first-order valence-electron chi connectivity index (χ1n) is 10.7. The Morgan fingerprint density at radius 1 is 1.03 bits per heavy atom. The molecule has 5 rings (SSSR count). The average Bonchev–Trinajstić information content (AvgIpc) is 3.25. The highest BCUT2D eigenvalue weighted by Gasteiger charge is 2.43. The summed E-state index contributed by atoms with van der Waals surface area (Å²) in [4.78, 5) is 0.334. The third kappa shape index (κ3) is 3.27. The summed E-state index contributed by atoms with van der Waals surface area (Å²) in [6, 6.07) is 16.0. The maximum atomic E-state index is 13.9. The predicted octanol–water partition coefficient (Wildman–Crippen LogP) is 4.85. The zero-order valence-electron chi connectivity index (χ0n) is 17.7. The predicted molar refractivity (Wildman–Crippen MR) is 120 cm³/mol. The van der Waals surface area contributed by atoms with Gasteiger partial charge in [0.15, 0.2) is 0 Å². The maximum Gasteiger partial charge on any atom is 0.243 e. The molecule has 0 bridgehead atoms. The van der Waals surface area contributed by atoms with E-state index in [1.165, 1.54) is 12.1 Å². The summed E-state index contributed by atoms with van der Waals surface area (Å²) >= 11 is 0. The zero-order chi connectivity index (χ0) is 21.8. The number of aromatic nitrogens is 1. The molecule has 3 aromatic rings. The molecule has 0 amide bonds. The number of hydrogen-bond acceptors (Lipinski definition) is 3. The van der Waals surface area contributed by atoms with Gasteiger partial charge in [0.1, 0.15) is 5.82 Å². The lowest BCUT2D eigenvalue weighted by molar-refractivity contribution is 0.247. The molecular formula is C24H26FN3O2S. The van der Waals surface area contributed by atoms with E-state index < -0.39 is 15.6 Å². The molecule has 1 aromatic heterocycles. The summed E-state index contributed by atoms with van der Waals surface area (Å²) in [7, 11) is -3.55. The topological polar surface area (TPSA) is 54.3 Å². The Bertz CT molecular complexity index is 1220. The number of fused-ring (bicyclic) bond motifs is 4. The van der Waals surface area contributed by atoms with Crippen LogP contribution in [-0.2, 0) is 15.6 Å². The van der Waals surface area contributed by atoms with Gasteiger partial charge >= 0.3 is 0 Å². The maximum absolute atomic E-state index is 13.9. The van der Waals surface area contributed by atoms with Crippen LogP contribution < -0.4 is 5.32 Å². The standard InChI is InChI=1S/C24H26FN3O2S/c1-17(2)18-5-8-20(9-6-18)31(29,30)27-14-11-24(12-15-27)23-4-3-13-28(23)22-10-7-19(25)16-21(22)26-24/h3-10,13,16-17,26H,11-12,14-15H2,1-2H3. The van der Waals surface area contributed by atoms with E-state index in [0.717, 1.165) is 22.6 Å². The molecule has 5 nitrogen and oxygen atoms in total. The molecule has 0 atom stereocenters. The molecule has 31 heavy (non-hydrogen) atoms. The highest BCUT2D eigenvalue weighted by atomic mass is 32.2. The van der Waals surface area contributed by atoms with Crippen LogP contribution in [0, 0.1) is 5.82 Å². The molecule has 1 saturated heterocycles. The van der Waals surface area contributed by atoms with Gasteiger partial charge in [-0.05, 0) is 66.8 Å². The summed E-state index contributed by atoms with van der Waals surface area (Å²) in [5.74, 6) is 0.0646. The van der Waals surface area contributed by atoms with Crippen LogP contribution >= 0.6 is 0 Å². The van der Waals surface area contributed by atoms with Gasteiger partial charge in [-0.1, -0.05) is 26.0 Å². The molecule has 1 spiro atoms. The quantitative estimate of drug-likeness (QED) is 0.635. The van der Waals surface area contributed by atoms with Crippen molar-refractivity contribution >= 4 is 15.7 Å². The molecule has 2 aliphatic heterocycles. The fraction of sp³-hybridized carbons (Fsp3) is 0.333. The van der Waals surface area contributed by atoms with Crippen LogP contribution in [0.3, 0.4) is 0 Å². The number of benzene rings is 2. The Morgan fingerprint density at radius 2 is 1.74 bits per heavy atom. The average molecular weight is 440 g/mol. The molecule has 0 radical (unpaired) electrons. The second kappa shape index (κ2) is 7.21. The number of sulfonamides is 1. The van der Waals surface area contributed by atoms with E-state index in [1.807, 2.05) is 24.4 Å². The third-order valence-electron chi connectivity index (χ3n) is 6.59. The highest BCUT2D eigenvalue weighted by Crippen LogP contribution is 2.44. The van der Waals surface area contributed by atoms with Crippen LogP contribution in [0.1, 0.15) is 43.9 Å². The van der Waals surface area contributed by atoms with Gasteiger partial charge in [0.25, 0.3) is 0 Å². The van der Waals surface area contributed by atoms with E-state index in [1.54, 1.807) is 22.5 Å². The van der Waals surface area contributed by atoms with Crippen molar-refractivity contribution in [3.05, 3.63) is 77.9 Å². The summed E-state index contributed by atoms with van der Waals surface area (Å²) in [5, 5.41) is 3.54. The van der Waals surface area contributed by atoms with Gasteiger partial charge in [0.2, 0.25) is 10.0 Å². The number of anilines is 1. The smallest absolute Gasteiger partial charge is 0.243 e. The van der Waals surface area contributed by atoms with E-state index in [2.05, 4.69) is 29.8 Å². The summed E-state index contributed by atoms with van der Waals surface area (Å²) < 4.78 is 44.0. The van der Waals surface area contributed by atoms with Crippen molar-refractivity contribution in [3.63, 3.8) is 0 Å². The van der Waals surface area contributed by atoms with Gasteiger partial charge in [-0.2, -0.15) is 4.31 Å². The minimum atomic E-state index is -3.55. The molecule has 7 heteroatoms. The van der Waals surface area contributed by atoms with Gasteiger partial charge in [-0.25, -0.2) is 12.8 Å². The lowest BCUT2D eigenvalue weighted by Crippen LogP contribution is -2.51. The monoisotopic (exact) mass is 439 g/mol. The molecule has 1 N–H and O–H groups in total. The molecule has 3 heterocycles. The molecule has 0 unspecified atom stereocenters. The van der Waals surface area contributed by atoms with Crippen LogP contribution in [0.2, 0.25) is 0 Å². The van der Waals surface area contributed by atoms with Crippen molar-refractivity contribution in [1.29, 1.82) is 0 Å². The molecule has 0 saturated carbocycles. The van der Waals surface area contributed by atoms with Crippen LogP contribution in [0.15, 0.2) is 65.7 Å². The number of piperidine rings is 1. The first-order chi connectivity index (χ1) is 14.8. The minimum absolute atomic E-state index is 0.290. The van der Waals surface area contributed by atoms with E-state index >= 15 is 0 Å². The Hall–Kier alpha value is -2.64. The molecule has 0 aliphatic carbocycles. The van der Waals surface area contributed by atoms with Gasteiger partial charge in [-0.15, -0.1) is 0 Å². The van der Waals surface area contributed by atoms with Crippen LogP contribution in [0.25, 0.3) is 5.69 Å². The van der Waals surface area contributed by atoms with Crippen molar-refractivity contribution in [2.24, 2.45) is 0 Å². The Morgan fingerprint density at radius 3 is 2.42 bits per heavy atom. The van der Waals surface area contributed by atoms with Gasteiger partial charge in [0.05, 0.1) is 21.8 Å². The number of rotatable bonds is 3. The van der Waals surface area contributed by atoms with Crippen molar-refractivity contribution in [3.8, 4) is 5.69 Å². The van der Waals surface area contributed by atoms with Crippen molar-refractivity contribution < 1.29 is 12.8 Å². The SMILES string of the molecule is CC(C)c1ccc(S(=O)(=O)N2CCC3(CC2)Nc2cc(F)ccc2-n2cccc23)cc1. The van der Waals surface area contributed by atoms with Crippen molar-refractivity contribution in [1.82, 2.24) is 8.87 Å². The Labute approximate surface area is 182 Å². The third-order valence-corrected chi connectivity index (χ3v) is 8.50. The minimum Gasteiger partial charge on any atom is -0.372 e. The van der Waals surface area contributed by atoms with Crippen LogP contribution in [0.5, 0.6) is 0 Å². The van der Waals surface area contributed by atoms with Crippen molar-refractivity contribution in [2.45, 2.75) is 43.0 Å². The van der Waals surface area contributed by atoms with Crippen LogP contribution in [-0.4, -0.2) is 30.4 Å². The van der Waals surface area contributed by atoms with Gasteiger partial charge in [-0.3, -0.25) is 0 Å². The molecule has 2 aromatic carbocycles. The van der Waals surface area contributed by atoms with E-state index in [0.29, 0.717) is 36.7 Å². The largest absolute Gasteiger partial charge is 0.372 e. The molecular weight excluding hydrogens is 413 g/mol. The first kappa shape index (κ1) is 20.3. The second-order valence-corrected chi connectivity index (χ2v) is 10.7. The Kier molecular flexibility index (Phi) is 4.71. The van der Waals surface area contributed by atoms with Crippen LogP contribution in [0.4, 0.5) is 10.1 Å². The molecule has 162 valence electrons. The lowest BCUT2D eigenvalue weighted by atomic mass is 9.83. The van der Waals surface area contributed by atoms with Crippen molar-refractivity contribution in [2.75, 3.05) is 18.4 Å². The first-order valence-corrected chi connectivity index (χ1v) is 12.1. The fourth-order valence-corrected chi connectivity index (χ4v) is 6.23. The lowest BCUT2D eigenvalue weighted by Gasteiger charge is -2.45. The number of halogens is 1. The normalized spacial score (nSPS) is 17.9. The van der Waals surface area contributed by atoms with E-state index in [-0.39, 0.29) is 5.82 Å². The summed E-state index contributed by atoms with van der Waals surface area (Å²) in [6.07, 6.45) is 3.20. The summed E-state index contributed by atoms with van der Waals surface area (Å²) in [5.41, 5.74) is 3.44. The van der Waals surface area contributed by atoms with Gasteiger partial charge in [0, 0.05) is 25.0 Å². The fourth-order valence-electron chi connectivity index (χ4n) is 4.78. The molecule has 2 aliphatic rings. The second-order valence-electron chi connectivity index (χ2n) is 8.76. The number of nitrogens with one attached hydrogen (secondary N) is 1. The molecule has 1 fully saturated rings. The highest BCUT2D eigenvalue weighted by molar-refractivity contribution is 7.89. The Balaban J connectivity index is 1.41.